The average molecular weight is 264 g/mol. The first-order valence-corrected chi connectivity index (χ1v) is 6.25. The molecule has 7 heteroatoms. The number of rotatable bonds is 4. The molecule has 2 heterocycles. The molecule has 0 unspecified atom stereocenters. The van der Waals surface area contributed by atoms with Crippen LogP contribution in [0.2, 0.25) is 0 Å². The Hall–Kier alpha value is -2.02. The average Bonchev–Trinajstić information content (AvgIpc) is 2.75. The summed E-state index contributed by atoms with van der Waals surface area (Å²) in [7, 11) is 0. The zero-order valence-corrected chi connectivity index (χ0v) is 10.8. The van der Waals surface area contributed by atoms with Gasteiger partial charge in [-0.1, -0.05) is 0 Å². The highest BCUT2D eigenvalue weighted by atomic mass is 32.1. The van der Waals surface area contributed by atoms with Crippen LogP contribution in [-0.2, 0) is 0 Å². The fourth-order valence-electron chi connectivity index (χ4n) is 1.59. The Bertz CT molecular complexity index is 582. The van der Waals surface area contributed by atoms with E-state index in [9.17, 15) is 10.1 Å². The molecular weight excluding hydrogens is 252 g/mol. The second-order valence-electron chi connectivity index (χ2n) is 3.62. The monoisotopic (exact) mass is 264 g/mol. The normalized spacial score (nSPS) is 10.3. The fourth-order valence-corrected chi connectivity index (χ4v) is 2.46. The predicted molar refractivity (Wildman–Crippen MR) is 70.9 cm³/mol. The molecule has 0 aliphatic rings. The van der Waals surface area contributed by atoms with Crippen LogP contribution < -0.4 is 5.32 Å². The summed E-state index contributed by atoms with van der Waals surface area (Å²) >= 11 is 1.48. The van der Waals surface area contributed by atoms with Gasteiger partial charge < -0.3 is 5.32 Å². The van der Waals surface area contributed by atoms with Gasteiger partial charge in [0.15, 0.2) is 5.69 Å². The lowest BCUT2D eigenvalue weighted by Crippen LogP contribution is -2.05. The lowest BCUT2D eigenvalue weighted by Gasteiger charge is -2.05. The number of hydrogen-bond donors (Lipinski definition) is 1. The van der Waals surface area contributed by atoms with E-state index in [1.807, 2.05) is 26.0 Å². The quantitative estimate of drug-likeness (QED) is 0.678. The van der Waals surface area contributed by atoms with Crippen molar-refractivity contribution in [2.75, 3.05) is 11.9 Å². The predicted octanol–water partition coefficient (Wildman–Crippen LogP) is 2.85. The summed E-state index contributed by atoms with van der Waals surface area (Å²) in [5.74, 6) is 0.263. The minimum atomic E-state index is -0.442. The van der Waals surface area contributed by atoms with E-state index in [-0.39, 0.29) is 11.5 Å². The van der Waals surface area contributed by atoms with Crippen molar-refractivity contribution in [1.29, 1.82) is 0 Å². The van der Waals surface area contributed by atoms with Crippen molar-refractivity contribution in [3.63, 3.8) is 0 Å². The molecule has 0 atom stereocenters. The molecule has 1 N–H and O–H groups in total. The largest absolute Gasteiger partial charge is 0.364 e. The smallest absolute Gasteiger partial charge is 0.338 e. The van der Waals surface area contributed by atoms with Crippen LogP contribution in [0, 0.1) is 17.0 Å². The van der Waals surface area contributed by atoms with Crippen LogP contribution in [-0.4, -0.2) is 21.4 Å². The first kappa shape index (κ1) is 12.4. The highest BCUT2D eigenvalue weighted by Crippen LogP contribution is 2.36. The SMILES string of the molecule is CCNc1ncnc(-c2ccc(C)s2)c1[N+](=O)[O-]. The summed E-state index contributed by atoms with van der Waals surface area (Å²) in [4.78, 5) is 20.6. The molecule has 0 fully saturated rings. The molecule has 2 aromatic rings. The first-order chi connectivity index (χ1) is 8.63. The van der Waals surface area contributed by atoms with Gasteiger partial charge in [-0.3, -0.25) is 10.1 Å². The number of nitrogens with zero attached hydrogens (tertiary/aromatic N) is 3. The second kappa shape index (κ2) is 5.09. The molecule has 0 amide bonds. The second-order valence-corrected chi connectivity index (χ2v) is 4.91. The van der Waals surface area contributed by atoms with E-state index < -0.39 is 4.92 Å². The van der Waals surface area contributed by atoms with Crippen LogP contribution in [0.3, 0.4) is 0 Å². The molecule has 0 saturated carbocycles. The van der Waals surface area contributed by atoms with Crippen molar-refractivity contribution < 1.29 is 4.92 Å². The molecule has 94 valence electrons. The molecule has 0 aliphatic carbocycles. The number of hydrogen-bond acceptors (Lipinski definition) is 6. The zero-order chi connectivity index (χ0) is 13.1. The summed E-state index contributed by atoms with van der Waals surface area (Å²) in [6.45, 7) is 4.38. The molecular formula is C11H12N4O2S. The third kappa shape index (κ3) is 2.30. The molecule has 0 spiro atoms. The lowest BCUT2D eigenvalue weighted by molar-refractivity contribution is -0.383. The van der Waals surface area contributed by atoms with Crippen molar-refractivity contribution in [1.82, 2.24) is 9.97 Å². The number of aromatic nitrogens is 2. The maximum atomic E-state index is 11.2. The molecule has 0 aromatic carbocycles. The number of nitro groups is 1. The minimum Gasteiger partial charge on any atom is -0.364 e. The Balaban J connectivity index is 2.59. The summed E-state index contributed by atoms with van der Waals surface area (Å²) < 4.78 is 0. The number of aryl methyl sites for hydroxylation is 1. The third-order valence-electron chi connectivity index (χ3n) is 2.32. The van der Waals surface area contributed by atoms with Gasteiger partial charge in [0.05, 0.1) is 9.80 Å². The molecule has 18 heavy (non-hydrogen) atoms. The lowest BCUT2D eigenvalue weighted by atomic mass is 10.2. The molecule has 0 saturated heterocycles. The molecule has 2 rings (SSSR count). The van der Waals surface area contributed by atoms with E-state index in [2.05, 4.69) is 15.3 Å². The Morgan fingerprint density at radius 3 is 2.78 bits per heavy atom. The fraction of sp³-hybridized carbons (Fsp3) is 0.273. The maximum Gasteiger partial charge on any atom is 0.338 e. The van der Waals surface area contributed by atoms with E-state index in [1.165, 1.54) is 17.7 Å². The van der Waals surface area contributed by atoms with Gasteiger partial charge in [0.1, 0.15) is 6.33 Å². The van der Waals surface area contributed by atoms with Gasteiger partial charge >= 0.3 is 5.69 Å². The first-order valence-electron chi connectivity index (χ1n) is 5.43. The van der Waals surface area contributed by atoms with Gasteiger partial charge in [0.2, 0.25) is 5.82 Å². The van der Waals surface area contributed by atoms with E-state index in [0.717, 1.165) is 9.75 Å². The van der Waals surface area contributed by atoms with E-state index >= 15 is 0 Å². The Kier molecular flexibility index (Phi) is 3.52. The standard InChI is InChI=1S/C11H12N4O2S/c1-3-12-11-10(15(16)17)9(13-6-14-11)8-5-4-7(2)18-8/h4-6H,3H2,1-2H3,(H,12,13,14). The van der Waals surface area contributed by atoms with E-state index in [0.29, 0.717) is 12.2 Å². The van der Waals surface area contributed by atoms with Gasteiger partial charge in [0, 0.05) is 11.4 Å². The van der Waals surface area contributed by atoms with Crippen LogP contribution in [0.4, 0.5) is 11.5 Å². The van der Waals surface area contributed by atoms with Crippen LogP contribution >= 0.6 is 11.3 Å². The van der Waals surface area contributed by atoms with Crippen LogP contribution in [0.25, 0.3) is 10.6 Å². The zero-order valence-electron chi connectivity index (χ0n) is 10.0. The van der Waals surface area contributed by atoms with E-state index in [4.69, 9.17) is 0 Å². The number of thiophene rings is 1. The van der Waals surface area contributed by atoms with Gasteiger partial charge in [-0.25, -0.2) is 9.97 Å². The van der Waals surface area contributed by atoms with Gasteiger partial charge in [-0.2, -0.15) is 0 Å². The number of nitrogens with one attached hydrogen (secondary N) is 1. The third-order valence-corrected chi connectivity index (χ3v) is 3.33. The van der Waals surface area contributed by atoms with Crippen molar-refractivity contribution in [3.8, 4) is 10.6 Å². The summed E-state index contributed by atoms with van der Waals surface area (Å²) in [6, 6.07) is 3.75. The molecule has 6 nitrogen and oxygen atoms in total. The molecule has 0 radical (unpaired) electrons. The van der Waals surface area contributed by atoms with E-state index in [1.54, 1.807) is 0 Å². The van der Waals surface area contributed by atoms with Gasteiger partial charge in [-0.05, 0) is 26.0 Å². The number of anilines is 1. The summed E-state index contributed by atoms with van der Waals surface area (Å²) in [5.41, 5.74) is 0.297. The van der Waals surface area contributed by atoms with Crippen molar-refractivity contribution >= 4 is 22.8 Å². The highest BCUT2D eigenvalue weighted by molar-refractivity contribution is 7.15. The van der Waals surface area contributed by atoms with Crippen LogP contribution in [0.5, 0.6) is 0 Å². The van der Waals surface area contributed by atoms with Crippen molar-refractivity contribution in [3.05, 3.63) is 33.5 Å². The van der Waals surface area contributed by atoms with Crippen molar-refractivity contribution in [2.45, 2.75) is 13.8 Å². The summed E-state index contributed by atoms with van der Waals surface area (Å²) in [5, 5.41) is 14.1. The van der Waals surface area contributed by atoms with Gasteiger partial charge in [0.25, 0.3) is 0 Å². The highest BCUT2D eigenvalue weighted by Gasteiger charge is 2.24. The maximum absolute atomic E-state index is 11.2. The topological polar surface area (TPSA) is 81.0 Å². The Morgan fingerprint density at radius 1 is 1.44 bits per heavy atom. The Morgan fingerprint density at radius 2 is 2.22 bits per heavy atom. The van der Waals surface area contributed by atoms with Gasteiger partial charge in [-0.15, -0.1) is 11.3 Å². The molecule has 0 bridgehead atoms. The van der Waals surface area contributed by atoms with Crippen LogP contribution in [0.15, 0.2) is 18.5 Å². The Labute approximate surface area is 108 Å². The minimum absolute atomic E-state index is 0.0683. The molecule has 2 aromatic heterocycles. The molecule has 0 aliphatic heterocycles. The van der Waals surface area contributed by atoms with Crippen LogP contribution in [0.1, 0.15) is 11.8 Å². The summed E-state index contributed by atoms with van der Waals surface area (Å²) in [6.07, 6.45) is 1.34. The van der Waals surface area contributed by atoms with Crippen molar-refractivity contribution in [2.24, 2.45) is 0 Å².